The summed E-state index contributed by atoms with van der Waals surface area (Å²) in [5, 5.41) is 11.3. The average Bonchev–Trinajstić information content (AvgIpc) is 2.34. The first kappa shape index (κ1) is 15.0. The van der Waals surface area contributed by atoms with E-state index in [2.05, 4.69) is 21.2 Å². The molecule has 5 heteroatoms. The highest BCUT2D eigenvalue weighted by Crippen LogP contribution is 2.19. The number of benzene rings is 1. The molecule has 4 nitrogen and oxygen atoms in total. The maximum Gasteiger partial charge on any atom is 0.261 e. The van der Waals surface area contributed by atoms with Crippen molar-refractivity contribution in [2.75, 3.05) is 13.2 Å². The molecule has 100 valence electrons. The molecule has 1 aromatic rings. The Morgan fingerprint density at radius 3 is 2.50 bits per heavy atom. The van der Waals surface area contributed by atoms with Crippen LogP contribution in [0.3, 0.4) is 0 Å². The Hall–Kier alpha value is -1.07. The van der Waals surface area contributed by atoms with Gasteiger partial charge in [-0.05, 0) is 30.2 Å². The van der Waals surface area contributed by atoms with E-state index in [9.17, 15) is 4.79 Å². The maximum atomic E-state index is 11.9. The number of amides is 1. The van der Waals surface area contributed by atoms with E-state index >= 15 is 0 Å². The van der Waals surface area contributed by atoms with Crippen LogP contribution in [0.4, 0.5) is 0 Å². The second-order valence-corrected chi connectivity index (χ2v) is 5.17. The smallest absolute Gasteiger partial charge is 0.261 e. The standard InChI is InChI=1S/C13H18BrNO3/c1-9(2)12(13(17)15-7-8-16)18-11-5-3-10(14)4-6-11/h3-6,9,12,16H,7-8H2,1-2H3,(H,15,17)/t12-/m0/s1. The van der Waals surface area contributed by atoms with Gasteiger partial charge in [0.2, 0.25) is 0 Å². The molecule has 0 saturated heterocycles. The van der Waals surface area contributed by atoms with Crippen LogP contribution in [-0.2, 0) is 4.79 Å². The van der Waals surface area contributed by atoms with Gasteiger partial charge >= 0.3 is 0 Å². The molecular weight excluding hydrogens is 298 g/mol. The lowest BCUT2D eigenvalue weighted by atomic mass is 10.1. The fraction of sp³-hybridized carbons (Fsp3) is 0.462. The van der Waals surface area contributed by atoms with Gasteiger partial charge in [0.1, 0.15) is 5.75 Å². The third kappa shape index (κ3) is 4.66. The van der Waals surface area contributed by atoms with Crippen molar-refractivity contribution in [2.45, 2.75) is 20.0 Å². The van der Waals surface area contributed by atoms with Crippen molar-refractivity contribution in [2.24, 2.45) is 5.92 Å². The van der Waals surface area contributed by atoms with Crippen LogP contribution in [0.2, 0.25) is 0 Å². The fourth-order valence-electron chi connectivity index (χ4n) is 1.43. The minimum atomic E-state index is -0.558. The number of rotatable bonds is 6. The number of carbonyl (C=O) groups is 1. The van der Waals surface area contributed by atoms with Crippen LogP contribution in [0.25, 0.3) is 0 Å². The van der Waals surface area contributed by atoms with Gasteiger partial charge in [0.15, 0.2) is 6.10 Å². The summed E-state index contributed by atoms with van der Waals surface area (Å²) in [5.41, 5.74) is 0. The molecule has 1 amide bonds. The summed E-state index contributed by atoms with van der Waals surface area (Å²) < 4.78 is 6.63. The monoisotopic (exact) mass is 315 g/mol. The molecule has 0 spiro atoms. The van der Waals surface area contributed by atoms with Crippen molar-refractivity contribution in [3.8, 4) is 5.75 Å². The van der Waals surface area contributed by atoms with E-state index in [1.807, 2.05) is 26.0 Å². The van der Waals surface area contributed by atoms with Gasteiger partial charge in [-0.15, -0.1) is 0 Å². The highest BCUT2D eigenvalue weighted by atomic mass is 79.9. The summed E-state index contributed by atoms with van der Waals surface area (Å²) in [4.78, 5) is 11.9. The van der Waals surface area contributed by atoms with Gasteiger partial charge in [0.25, 0.3) is 5.91 Å². The van der Waals surface area contributed by atoms with Gasteiger partial charge in [-0.3, -0.25) is 4.79 Å². The van der Waals surface area contributed by atoms with E-state index in [1.165, 1.54) is 0 Å². The summed E-state index contributed by atoms with van der Waals surface area (Å²) >= 11 is 3.34. The Labute approximate surface area is 115 Å². The van der Waals surface area contributed by atoms with Crippen molar-refractivity contribution >= 4 is 21.8 Å². The van der Waals surface area contributed by atoms with Gasteiger partial charge in [0, 0.05) is 11.0 Å². The first-order valence-corrected chi connectivity index (χ1v) is 6.64. The number of halogens is 1. The number of aliphatic hydroxyl groups excluding tert-OH is 1. The first-order chi connectivity index (χ1) is 8.54. The minimum Gasteiger partial charge on any atom is -0.480 e. The van der Waals surface area contributed by atoms with Gasteiger partial charge in [-0.25, -0.2) is 0 Å². The van der Waals surface area contributed by atoms with Crippen LogP contribution < -0.4 is 10.1 Å². The molecule has 0 aliphatic rings. The average molecular weight is 316 g/mol. The maximum absolute atomic E-state index is 11.9. The van der Waals surface area contributed by atoms with Crippen molar-refractivity contribution < 1.29 is 14.6 Å². The second kappa shape index (κ2) is 7.38. The zero-order valence-electron chi connectivity index (χ0n) is 10.5. The second-order valence-electron chi connectivity index (χ2n) is 4.25. The number of nitrogens with one attached hydrogen (secondary N) is 1. The molecule has 2 N–H and O–H groups in total. The summed E-state index contributed by atoms with van der Waals surface area (Å²) in [6.07, 6.45) is -0.558. The molecule has 0 bridgehead atoms. The summed E-state index contributed by atoms with van der Waals surface area (Å²) in [6, 6.07) is 7.33. The fourth-order valence-corrected chi connectivity index (χ4v) is 1.70. The minimum absolute atomic E-state index is 0.0485. The van der Waals surface area contributed by atoms with E-state index < -0.39 is 6.10 Å². The molecule has 0 fully saturated rings. The van der Waals surface area contributed by atoms with Crippen LogP contribution in [0, 0.1) is 5.92 Å². The van der Waals surface area contributed by atoms with Crippen LogP contribution in [0.5, 0.6) is 5.75 Å². The van der Waals surface area contributed by atoms with Crippen molar-refractivity contribution in [1.82, 2.24) is 5.32 Å². The summed E-state index contributed by atoms with van der Waals surface area (Å²) in [7, 11) is 0. The quantitative estimate of drug-likeness (QED) is 0.843. The predicted molar refractivity (Wildman–Crippen MR) is 73.5 cm³/mol. The molecule has 1 atom stereocenters. The Morgan fingerprint density at radius 2 is 2.00 bits per heavy atom. The zero-order valence-corrected chi connectivity index (χ0v) is 12.1. The zero-order chi connectivity index (χ0) is 13.5. The highest BCUT2D eigenvalue weighted by molar-refractivity contribution is 9.10. The van der Waals surface area contributed by atoms with Gasteiger partial charge < -0.3 is 15.2 Å². The molecule has 0 aliphatic carbocycles. The lowest BCUT2D eigenvalue weighted by molar-refractivity contribution is -0.129. The number of hydrogen-bond donors (Lipinski definition) is 2. The molecule has 0 radical (unpaired) electrons. The van der Waals surface area contributed by atoms with Crippen LogP contribution in [0.1, 0.15) is 13.8 Å². The Bertz CT molecular complexity index is 378. The Balaban J connectivity index is 2.68. The molecule has 0 aromatic heterocycles. The Morgan fingerprint density at radius 1 is 1.39 bits per heavy atom. The van der Waals surface area contributed by atoms with Crippen molar-refractivity contribution in [3.05, 3.63) is 28.7 Å². The SMILES string of the molecule is CC(C)[C@H](Oc1ccc(Br)cc1)C(=O)NCCO. The van der Waals surface area contributed by atoms with Crippen LogP contribution >= 0.6 is 15.9 Å². The van der Waals surface area contributed by atoms with Gasteiger partial charge in [0.05, 0.1) is 6.61 Å². The van der Waals surface area contributed by atoms with Crippen LogP contribution in [-0.4, -0.2) is 30.3 Å². The number of ether oxygens (including phenoxy) is 1. The number of hydrogen-bond acceptors (Lipinski definition) is 3. The van der Waals surface area contributed by atoms with Crippen molar-refractivity contribution in [1.29, 1.82) is 0 Å². The summed E-state index contributed by atoms with van der Waals surface area (Å²) in [5.74, 6) is 0.491. The third-order valence-corrected chi connectivity index (χ3v) is 2.88. The molecule has 0 saturated carbocycles. The summed E-state index contributed by atoms with van der Waals surface area (Å²) in [6.45, 7) is 4.00. The molecule has 0 unspecified atom stereocenters. The number of carbonyl (C=O) groups excluding carboxylic acids is 1. The molecule has 18 heavy (non-hydrogen) atoms. The molecule has 1 rings (SSSR count). The first-order valence-electron chi connectivity index (χ1n) is 5.85. The van der Waals surface area contributed by atoms with E-state index in [4.69, 9.17) is 9.84 Å². The molecular formula is C13H18BrNO3. The van der Waals surface area contributed by atoms with Crippen molar-refractivity contribution in [3.63, 3.8) is 0 Å². The lowest BCUT2D eigenvalue weighted by Gasteiger charge is -2.21. The Kier molecular flexibility index (Phi) is 6.15. The van der Waals surface area contributed by atoms with Gasteiger partial charge in [-0.2, -0.15) is 0 Å². The largest absolute Gasteiger partial charge is 0.480 e. The lowest BCUT2D eigenvalue weighted by Crippen LogP contribution is -2.42. The molecule has 0 heterocycles. The molecule has 1 aromatic carbocycles. The topological polar surface area (TPSA) is 58.6 Å². The third-order valence-electron chi connectivity index (χ3n) is 2.35. The van der Waals surface area contributed by atoms with E-state index in [0.717, 1.165) is 4.47 Å². The predicted octanol–water partition coefficient (Wildman–Crippen LogP) is 1.96. The van der Waals surface area contributed by atoms with E-state index in [1.54, 1.807) is 12.1 Å². The number of aliphatic hydroxyl groups is 1. The molecule has 0 aliphatic heterocycles. The highest BCUT2D eigenvalue weighted by Gasteiger charge is 2.23. The normalized spacial score (nSPS) is 12.3. The van der Waals surface area contributed by atoms with E-state index in [0.29, 0.717) is 5.75 Å². The van der Waals surface area contributed by atoms with Gasteiger partial charge in [-0.1, -0.05) is 29.8 Å². The van der Waals surface area contributed by atoms with E-state index in [-0.39, 0.29) is 25.0 Å². The van der Waals surface area contributed by atoms with Crippen LogP contribution in [0.15, 0.2) is 28.7 Å².